The van der Waals surface area contributed by atoms with E-state index in [-0.39, 0.29) is 18.0 Å². The fourth-order valence-electron chi connectivity index (χ4n) is 3.46. The van der Waals surface area contributed by atoms with Gasteiger partial charge in [-0.05, 0) is 53.8 Å². The predicted octanol–water partition coefficient (Wildman–Crippen LogP) is 3.30. The standard InChI is InChI=1S/C21H16N2O4S/c1-13-3-2-4-15(9-13)23-20(24)19-16(7-8-28-19)22(21(23)25)11-14-5-6-17-18(10-14)27-12-26-17/h2-10H,11-12H2,1H3. The van der Waals surface area contributed by atoms with Crippen molar-refractivity contribution in [2.24, 2.45) is 0 Å². The highest BCUT2D eigenvalue weighted by Crippen LogP contribution is 2.32. The van der Waals surface area contributed by atoms with E-state index >= 15 is 0 Å². The molecule has 3 heterocycles. The summed E-state index contributed by atoms with van der Waals surface area (Å²) in [6.45, 7) is 2.46. The summed E-state index contributed by atoms with van der Waals surface area (Å²) in [5, 5.41) is 1.84. The molecule has 0 saturated carbocycles. The molecule has 0 amide bonds. The van der Waals surface area contributed by atoms with E-state index in [1.54, 1.807) is 10.6 Å². The highest BCUT2D eigenvalue weighted by atomic mass is 32.1. The Labute approximate surface area is 163 Å². The van der Waals surface area contributed by atoms with E-state index in [0.717, 1.165) is 11.1 Å². The topological polar surface area (TPSA) is 62.5 Å². The van der Waals surface area contributed by atoms with Gasteiger partial charge in [0.2, 0.25) is 6.79 Å². The Hall–Kier alpha value is -3.32. The molecule has 2 aromatic heterocycles. The fraction of sp³-hybridized carbons (Fsp3) is 0.143. The van der Waals surface area contributed by atoms with Crippen molar-refractivity contribution < 1.29 is 9.47 Å². The molecule has 5 rings (SSSR count). The predicted molar refractivity (Wildman–Crippen MR) is 108 cm³/mol. The van der Waals surface area contributed by atoms with Crippen LogP contribution in [0.15, 0.2) is 63.5 Å². The van der Waals surface area contributed by atoms with Crippen molar-refractivity contribution in [3.63, 3.8) is 0 Å². The number of thiophene rings is 1. The van der Waals surface area contributed by atoms with Gasteiger partial charge in [0, 0.05) is 0 Å². The van der Waals surface area contributed by atoms with E-state index in [9.17, 15) is 9.59 Å². The van der Waals surface area contributed by atoms with Gasteiger partial charge in [-0.15, -0.1) is 11.3 Å². The van der Waals surface area contributed by atoms with Crippen LogP contribution in [-0.4, -0.2) is 15.9 Å². The maximum absolute atomic E-state index is 13.3. The molecule has 7 heteroatoms. The Morgan fingerprint density at radius 3 is 2.75 bits per heavy atom. The first-order chi connectivity index (χ1) is 13.6. The summed E-state index contributed by atoms with van der Waals surface area (Å²) in [6.07, 6.45) is 0. The summed E-state index contributed by atoms with van der Waals surface area (Å²) >= 11 is 1.34. The summed E-state index contributed by atoms with van der Waals surface area (Å²) in [7, 11) is 0. The molecule has 4 aromatic rings. The molecular formula is C21H16N2O4S. The van der Waals surface area contributed by atoms with Gasteiger partial charge in [-0.25, -0.2) is 9.36 Å². The second-order valence-corrected chi connectivity index (χ2v) is 7.59. The molecule has 140 valence electrons. The molecule has 1 aliphatic heterocycles. The summed E-state index contributed by atoms with van der Waals surface area (Å²) in [5.74, 6) is 1.36. The number of benzene rings is 2. The van der Waals surface area contributed by atoms with Crippen LogP contribution in [0.2, 0.25) is 0 Å². The van der Waals surface area contributed by atoms with Crippen molar-refractivity contribution in [2.45, 2.75) is 13.5 Å². The van der Waals surface area contributed by atoms with E-state index in [1.807, 2.05) is 54.8 Å². The summed E-state index contributed by atoms with van der Waals surface area (Å²) < 4.78 is 14.2. The normalized spacial score (nSPS) is 12.6. The van der Waals surface area contributed by atoms with Crippen LogP contribution in [0.3, 0.4) is 0 Å². The minimum absolute atomic E-state index is 0.200. The Morgan fingerprint density at radius 1 is 1.04 bits per heavy atom. The molecule has 1 aliphatic rings. The average Bonchev–Trinajstić information content (AvgIpc) is 3.34. The first kappa shape index (κ1) is 16.8. The van der Waals surface area contributed by atoms with Gasteiger partial charge in [-0.1, -0.05) is 18.2 Å². The van der Waals surface area contributed by atoms with Gasteiger partial charge < -0.3 is 9.47 Å². The van der Waals surface area contributed by atoms with Crippen LogP contribution in [0.25, 0.3) is 15.9 Å². The van der Waals surface area contributed by atoms with Gasteiger partial charge in [0.15, 0.2) is 11.5 Å². The molecule has 28 heavy (non-hydrogen) atoms. The van der Waals surface area contributed by atoms with Crippen molar-refractivity contribution >= 4 is 21.6 Å². The minimum Gasteiger partial charge on any atom is -0.454 e. The number of fused-ring (bicyclic) bond motifs is 2. The van der Waals surface area contributed by atoms with E-state index in [1.165, 1.54) is 15.9 Å². The van der Waals surface area contributed by atoms with E-state index in [4.69, 9.17) is 9.47 Å². The zero-order valence-corrected chi connectivity index (χ0v) is 15.9. The highest BCUT2D eigenvalue weighted by Gasteiger charge is 2.18. The Balaban J connectivity index is 1.72. The number of hydrogen-bond donors (Lipinski definition) is 0. The van der Waals surface area contributed by atoms with Crippen molar-refractivity contribution in [3.05, 3.63) is 85.9 Å². The average molecular weight is 392 g/mol. The lowest BCUT2D eigenvalue weighted by molar-refractivity contribution is 0.174. The van der Waals surface area contributed by atoms with E-state index in [0.29, 0.717) is 33.9 Å². The van der Waals surface area contributed by atoms with Gasteiger partial charge in [0.25, 0.3) is 5.56 Å². The molecule has 0 atom stereocenters. The van der Waals surface area contributed by atoms with Gasteiger partial charge >= 0.3 is 5.69 Å². The molecule has 6 nitrogen and oxygen atoms in total. The third-order valence-electron chi connectivity index (χ3n) is 4.79. The number of hydrogen-bond acceptors (Lipinski definition) is 5. The molecule has 0 saturated heterocycles. The summed E-state index contributed by atoms with van der Waals surface area (Å²) in [4.78, 5) is 26.3. The van der Waals surface area contributed by atoms with Crippen molar-refractivity contribution in [3.8, 4) is 17.2 Å². The highest BCUT2D eigenvalue weighted by molar-refractivity contribution is 7.17. The van der Waals surface area contributed by atoms with Crippen LogP contribution in [0.1, 0.15) is 11.1 Å². The molecule has 0 radical (unpaired) electrons. The first-order valence-electron chi connectivity index (χ1n) is 8.80. The summed E-state index contributed by atoms with van der Waals surface area (Å²) in [5.41, 5.74) is 2.44. The molecular weight excluding hydrogens is 376 g/mol. The zero-order valence-electron chi connectivity index (χ0n) is 15.0. The SMILES string of the molecule is Cc1cccc(-n2c(=O)c3sccc3n(Cc3ccc4c(c3)OCO4)c2=O)c1. The van der Waals surface area contributed by atoms with Crippen LogP contribution in [0.4, 0.5) is 0 Å². The molecule has 0 spiro atoms. The van der Waals surface area contributed by atoms with E-state index in [2.05, 4.69) is 0 Å². The minimum atomic E-state index is -0.362. The molecule has 0 aliphatic carbocycles. The monoisotopic (exact) mass is 392 g/mol. The molecule has 0 N–H and O–H groups in total. The van der Waals surface area contributed by atoms with Gasteiger partial charge in [-0.3, -0.25) is 9.36 Å². The van der Waals surface area contributed by atoms with Crippen LogP contribution in [0, 0.1) is 6.92 Å². The molecule has 0 bridgehead atoms. The van der Waals surface area contributed by atoms with Crippen LogP contribution >= 0.6 is 11.3 Å². The Morgan fingerprint density at radius 2 is 1.89 bits per heavy atom. The molecule has 0 unspecified atom stereocenters. The number of aromatic nitrogens is 2. The third kappa shape index (κ3) is 2.63. The lowest BCUT2D eigenvalue weighted by Crippen LogP contribution is -2.38. The lowest BCUT2D eigenvalue weighted by atomic mass is 10.2. The largest absolute Gasteiger partial charge is 0.454 e. The van der Waals surface area contributed by atoms with Gasteiger partial charge in [-0.2, -0.15) is 0 Å². The van der Waals surface area contributed by atoms with Crippen molar-refractivity contribution in [2.75, 3.05) is 6.79 Å². The first-order valence-corrected chi connectivity index (χ1v) is 9.68. The Bertz CT molecular complexity index is 1330. The summed E-state index contributed by atoms with van der Waals surface area (Å²) in [6, 6.07) is 14.8. The second-order valence-electron chi connectivity index (χ2n) is 6.67. The molecule has 2 aromatic carbocycles. The lowest BCUT2D eigenvalue weighted by Gasteiger charge is -2.13. The number of aryl methyl sites for hydroxylation is 1. The van der Waals surface area contributed by atoms with Gasteiger partial charge in [0.05, 0.1) is 17.7 Å². The maximum atomic E-state index is 13.3. The van der Waals surface area contributed by atoms with Crippen LogP contribution in [-0.2, 0) is 6.54 Å². The number of nitrogens with zero attached hydrogens (tertiary/aromatic N) is 2. The second kappa shape index (κ2) is 6.38. The third-order valence-corrected chi connectivity index (χ3v) is 5.68. The van der Waals surface area contributed by atoms with Crippen LogP contribution < -0.4 is 20.7 Å². The zero-order chi connectivity index (χ0) is 19.3. The van der Waals surface area contributed by atoms with Crippen LogP contribution in [0.5, 0.6) is 11.5 Å². The number of rotatable bonds is 3. The molecule has 0 fully saturated rings. The quantitative estimate of drug-likeness (QED) is 0.537. The van der Waals surface area contributed by atoms with Gasteiger partial charge in [0.1, 0.15) is 4.70 Å². The van der Waals surface area contributed by atoms with Crippen molar-refractivity contribution in [1.29, 1.82) is 0 Å². The number of ether oxygens (including phenoxy) is 2. The fourth-order valence-corrected chi connectivity index (χ4v) is 4.28. The smallest absolute Gasteiger partial charge is 0.336 e. The van der Waals surface area contributed by atoms with Crippen molar-refractivity contribution in [1.82, 2.24) is 9.13 Å². The maximum Gasteiger partial charge on any atom is 0.336 e. The Kier molecular flexibility index (Phi) is 3.84. The van der Waals surface area contributed by atoms with E-state index < -0.39 is 0 Å².